The van der Waals surface area contributed by atoms with Crippen LogP contribution in [0.4, 0.5) is 0 Å². The first-order valence-corrected chi connectivity index (χ1v) is 5.43. The number of morpholine rings is 1. The third-order valence-corrected chi connectivity index (χ3v) is 2.71. The van der Waals surface area contributed by atoms with Gasteiger partial charge in [-0.05, 0) is 11.5 Å². The first kappa shape index (κ1) is 10.5. The van der Waals surface area contributed by atoms with Crippen LogP contribution < -0.4 is 0 Å². The van der Waals surface area contributed by atoms with Crippen LogP contribution in [0.25, 0.3) is 0 Å². The van der Waals surface area contributed by atoms with Crippen molar-refractivity contribution in [1.29, 1.82) is 0 Å². The molecule has 0 aromatic carbocycles. The van der Waals surface area contributed by atoms with Gasteiger partial charge in [0, 0.05) is 18.5 Å². The lowest BCUT2D eigenvalue weighted by atomic mass is 10.2. The van der Waals surface area contributed by atoms with Crippen LogP contribution in [0.1, 0.15) is 10.5 Å². The standard InChI is InChI=1S/C8H11N3O3S/c12-4-6-3-11(1-2-14-6)8(13)7-5-15-10-9-7/h5-6,12H,1-4H2. The van der Waals surface area contributed by atoms with Crippen LogP contribution in [0.2, 0.25) is 0 Å². The van der Waals surface area contributed by atoms with E-state index in [4.69, 9.17) is 9.84 Å². The van der Waals surface area contributed by atoms with Gasteiger partial charge in [0.1, 0.15) is 0 Å². The Kier molecular flexibility index (Phi) is 3.24. The molecule has 1 aromatic rings. The van der Waals surface area contributed by atoms with Crippen molar-refractivity contribution in [2.75, 3.05) is 26.3 Å². The summed E-state index contributed by atoms with van der Waals surface area (Å²) in [5, 5.41) is 14.3. The Morgan fingerprint density at radius 3 is 3.33 bits per heavy atom. The van der Waals surface area contributed by atoms with Gasteiger partial charge >= 0.3 is 0 Å². The van der Waals surface area contributed by atoms with E-state index in [1.54, 1.807) is 10.3 Å². The monoisotopic (exact) mass is 229 g/mol. The summed E-state index contributed by atoms with van der Waals surface area (Å²) in [4.78, 5) is 13.4. The van der Waals surface area contributed by atoms with E-state index in [0.29, 0.717) is 25.4 Å². The third kappa shape index (κ3) is 2.31. The van der Waals surface area contributed by atoms with Crippen LogP contribution in [-0.2, 0) is 4.74 Å². The number of aliphatic hydroxyl groups excluding tert-OH is 1. The predicted octanol–water partition coefficient (Wildman–Crippen LogP) is -0.629. The fourth-order valence-corrected chi connectivity index (χ4v) is 1.86. The van der Waals surface area contributed by atoms with E-state index >= 15 is 0 Å². The highest BCUT2D eigenvalue weighted by molar-refractivity contribution is 7.03. The van der Waals surface area contributed by atoms with E-state index in [0.717, 1.165) is 11.5 Å². The van der Waals surface area contributed by atoms with Crippen molar-refractivity contribution in [3.63, 3.8) is 0 Å². The van der Waals surface area contributed by atoms with Gasteiger partial charge in [0.25, 0.3) is 5.91 Å². The van der Waals surface area contributed by atoms with Crippen LogP contribution in [0.3, 0.4) is 0 Å². The summed E-state index contributed by atoms with van der Waals surface area (Å²) in [5.41, 5.74) is 0.360. The number of aliphatic hydroxyl groups is 1. The minimum absolute atomic E-state index is 0.0703. The van der Waals surface area contributed by atoms with Gasteiger partial charge < -0.3 is 14.7 Å². The lowest BCUT2D eigenvalue weighted by molar-refractivity contribution is -0.0448. The minimum atomic E-state index is -0.283. The number of carbonyl (C=O) groups is 1. The highest BCUT2D eigenvalue weighted by Gasteiger charge is 2.25. The molecular formula is C8H11N3O3S. The molecule has 2 rings (SSSR count). The second-order valence-corrected chi connectivity index (χ2v) is 3.83. The topological polar surface area (TPSA) is 75.6 Å². The maximum absolute atomic E-state index is 11.8. The number of hydrogen-bond acceptors (Lipinski definition) is 6. The van der Waals surface area contributed by atoms with Gasteiger partial charge in [-0.1, -0.05) is 4.49 Å². The molecule has 2 heterocycles. The highest BCUT2D eigenvalue weighted by Crippen LogP contribution is 2.09. The molecule has 1 saturated heterocycles. The molecule has 1 unspecified atom stereocenters. The molecule has 0 aliphatic carbocycles. The van der Waals surface area contributed by atoms with E-state index < -0.39 is 0 Å². The van der Waals surface area contributed by atoms with Crippen molar-refractivity contribution in [2.45, 2.75) is 6.10 Å². The zero-order chi connectivity index (χ0) is 10.7. The Balaban J connectivity index is 2.01. The summed E-state index contributed by atoms with van der Waals surface area (Å²) in [6.45, 7) is 1.33. The van der Waals surface area contributed by atoms with Crippen LogP contribution in [0, 0.1) is 0 Å². The quantitative estimate of drug-likeness (QED) is 0.731. The summed E-state index contributed by atoms with van der Waals surface area (Å²) in [7, 11) is 0. The molecule has 1 fully saturated rings. The molecule has 1 aliphatic heterocycles. The lowest BCUT2D eigenvalue weighted by Gasteiger charge is -2.31. The molecule has 1 atom stereocenters. The smallest absolute Gasteiger partial charge is 0.275 e. The van der Waals surface area contributed by atoms with Gasteiger partial charge in [0.15, 0.2) is 5.69 Å². The Hall–Kier alpha value is -1.05. The molecule has 1 aliphatic rings. The fourth-order valence-electron chi connectivity index (χ4n) is 1.43. The Morgan fingerprint density at radius 1 is 1.80 bits per heavy atom. The van der Waals surface area contributed by atoms with E-state index in [-0.39, 0.29) is 18.6 Å². The average Bonchev–Trinajstić information content (AvgIpc) is 2.81. The first-order chi connectivity index (χ1) is 7.31. The van der Waals surface area contributed by atoms with E-state index in [1.807, 2.05) is 0 Å². The molecule has 1 aromatic heterocycles. The Morgan fingerprint density at radius 2 is 2.67 bits per heavy atom. The number of nitrogens with zero attached hydrogens (tertiary/aromatic N) is 3. The Bertz CT molecular complexity index is 330. The van der Waals surface area contributed by atoms with Crippen molar-refractivity contribution < 1.29 is 14.6 Å². The number of rotatable bonds is 2. The Labute approximate surface area is 90.6 Å². The second-order valence-electron chi connectivity index (χ2n) is 3.22. The summed E-state index contributed by atoms with van der Waals surface area (Å²) in [5.74, 6) is -0.148. The van der Waals surface area contributed by atoms with Crippen LogP contribution in [0.15, 0.2) is 5.38 Å². The number of aromatic nitrogens is 2. The fraction of sp³-hybridized carbons (Fsp3) is 0.625. The van der Waals surface area contributed by atoms with Crippen molar-refractivity contribution >= 4 is 17.4 Å². The van der Waals surface area contributed by atoms with Gasteiger partial charge in [0.2, 0.25) is 0 Å². The first-order valence-electron chi connectivity index (χ1n) is 4.60. The summed E-state index contributed by atoms with van der Waals surface area (Å²) >= 11 is 1.15. The normalized spacial score (nSPS) is 21.7. The molecule has 1 N–H and O–H groups in total. The van der Waals surface area contributed by atoms with Crippen molar-refractivity contribution in [2.24, 2.45) is 0 Å². The molecule has 7 heteroatoms. The van der Waals surface area contributed by atoms with Crippen molar-refractivity contribution in [3.05, 3.63) is 11.1 Å². The lowest BCUT2D eigenvalue weighted by Crippen LogP contribution is -2.47. The van der Waals surface area contributed by atoms with Gasteiger partial charge in [-0.3, -0.25) is 4.79 Å². The zero-order valence-electron chi connectivity index (χ0n) is 8.00. The summed E-state index contributed by atoms with van der Waals surface area (Å²) in [6, 6.07) is 0. The highest BCUT2D eigenvalue weighted by atomic mass is 32.1. The largest absolute Gasteiger partial charge is 0.394 e. The number of ether oxygens (including phenoxy) is 1. The van der Waals surface area contributed by atoms with E-state index in [2.05, 4.69) is 9.59 Å². The predicted molar refractivity (Wildman–Crippen MR) is 52.6 cm³/mol. The zero-order valence-corrected chi connectivity index (χ0v) is 8.81. The molecule has 0 radical (unpaired) electrons. The molecule has 0 saturated carbocycles. The van der Waals surface area contributed by atoms with Gasteiger partial charge in [-0.15, -0.1) is 5.10 Å². The van der Waals surface area contributed by atoms with Gasteiger partial charge in [-0.2, -0.15) is 0 Å². The second kappa shape index (κ2) is 4.65. The third-order valence-electron chi connectivity index (χ3n) is 2.21. The van der Waals surface area contributed by atoms with Crippen LogP contribution in [0.5, 0.6) is 0 Å². The van der Waals surface area contributed by atoms with E-state index in [9.17, 15) is 4.79 Å². The molecule has 0 bridgehead atoms. The SMILES string of the molecule is O=C(c1csnn1)N1CCOC(CO)C1. The number of carbonyl (C=O) groups excluding carboxylic acids is 1. The minimum Gasteiger partial charge on any atom is -0.394 e. The maximum atomic E-state index is 11.8. The molecule has 6 nitrogen and oxygen atoms in total. The van der Waals surface area contributed by atoms with Crippen LogP contribution >= 0.6 is 11.5 Å². The van der Waals surface area contributed by atoms with Crippen molar-refractivity contribution in [3.8, 4) is 0 Å². The summed E-state index contributed by atoms with van der Waals surface area (Å²) < 4.78 is 8.89. The van der Waals surface area contributed by atoms with Crippen LogP contribution in [-0.4, -0.2) is 57.9 Å². The van der Waals surface area contributed by atoms with Crippen molar-refractivity contribution in [1.82, 2.24) is 14.5 Å². The van der Waals surface area contributed by atoms with Gasteiger partial charge in [-0.25, -0.2) is 0 Å². The molecule has 82 valence electrons. The molecular weight excluding hydrogens is 218 g/mol. The number of hydrogen-bond donors (Lipinski definition) is 1. The molecule has 0 spiro atoms. The molecule has 15 heavy (non-hydrogen) atoms. The average molecular weight is 229 g/mol. The van der Waals surface area contributed by atoms with Gasteiger partial charge in [0.05, 0.1) is 19.3 Å². The number of amides is 1. The summed E-state index contributed by atoms with van der Waals surface area (Å²) in [6.07, 6.45) is -0.283. The van der Waals surface area contributed by atoms with E-state index in [1.165, 1.54) is 0 Å². The molecule has 1 amide bonds. The maximum Gasteiger partial charge on any atom is 0.275 e.